The molecule has 2 heterocycles. The van der Waals surface area contributed by atoms with Crippen molar-refractivity contribution in [2.45, 2.75) is 0 Å². The number of fused-ring (bicyclic) bond motifs is 1. The van der Waals surface area contributed by atoms with Gasteiger partial charge < -0.3 is 10.6 Å². The number of anilines is 1. The molecule has 0 saturated heterocycles. The topological polar surface area (TPSA) is 66.9 Å². The van der Waals surface area contributed by atoms with Crippen LogP contribution in [0.4, 0.5) is 5.13 Å². The second-order valence-electron chi connectivity index (χ2n) is 4.41. The average Bonchev–Trinajstić information content (AvgIpc) is 2.95. The molecule has 1 amide bonds. The Morgan fingerprint density at radius 1 is 1.14 bits per heavy atom. The number of nitrogens with zero attached hydrogens (tertiary/aromatic N) is 2. The SMILES string of the molecule is O=C(NCCNc1nc2ccccc2s1)c1cccnc1. The van der Waals surface area contributed by atoms with Crippen LogP contribution in [-0.2, 0) is 0 Å². The lowest BCUT2D eigenvalue weighted by atomic mass is 10.3. The molecular formula is C15H14N4OS. The Bertz CT molecular complexity index is 709. The maximum Gasteiger partial charge on any atom is 0.252 e. The number of nitrogens with one attached hydrogen (secondary N) is 2. The van der Waals surface area contributed by atoms with Crippen molar-refractivity contribution in [3.63, 3.8) is 0 Å². The molecule has 0 aliphatic rings. The molecule has 6 heteroatoms. The molecule has 0 atom stereocenters. The van der Waals surface area contributed by atoms with Crippen LogP contribution in [-0.4, -0.2) is 29.0 Å². The van der Waals surface area contributed by atoms with Gasteiger partial charge in [-0.2, -0.15) is 0 Å². The lowest BCUT2D eigenvalue weighted by molar-refractivity contribution is 0.0955. The van der Waals surface area contributed by atoms with Gasteiger partial charge >= 0.3 is 0 Å². The molecule has 5 nitrogen and oxygen atoms in total. The van der Waals surface area contributed by atoms with Gasteiger partial charge in [-0.05, 0) is 24.3 Å². The quantitative estimate of drug-likeness (QED) is 0.710. The van der Waals surface area contributed by atoms with E-state index in [9.17, 15) is 4.79 Å². The van der Waals surface area contributed by atoms with Crippen LogP contribution < -0.4 is 10.6 Å². The summed E-state index contributed by atoms with van der Waals surface area (Å²) in [5.41, 5.74) is 1.56. The molecule has 0 spiro atoms. The fourth-order valence-corrected chi connectivity index (χ4v) is 2.78. The maximum atomic E-state index is 11.8. The highest BCUT2D eigenvalue weighted by Crippen LogP contribution is 2.24. The summed E-state index contributed by atoms with van der Waals surface area (Å²) in [5, 5.41) is 6.92. The smallest absolute Gasteiger partial charge is 0.252 e. The van der Waals surface area contributed by atoms with E-state index in [0.717, 1.165) is 15.3 Å². The molecule has 0 fully saturated rings. The van der Waals surface area contributed by atoms with E-state index < -0.39 is 0 Å². The summed E-state index contributed by atoms with van der Waals surface area (Å²) < 4.78 is 1.15. The molecule has 0 aliphatic heterocycles. The van der Waals surface area contributed by atoms with Crippen LogP contribution in [0.5, 0.6) is 0 Å². The molecule has 3 aromatic rings. The highest BCUT2D eigenvalue weighted by molar-refractivity contribution is 7.22. The van der Waals surface area contributed by atoms with Crippen LogP contribution >= 0.6 is 11.3 Å². The number of para-hydroxylation sites is 1. The van der Waals surface area contributed by atoms with Gasteiger partial charge in [0, 0.05) is 25.5 Å². The van der Waals surface area contributed by atoms with Gasteiger partial charge in [-0.3, -0.25) is 9.78 Å². The predicted octanol–water partition coefficient (Wildman–Crippen LogP) is 2.53. The zero-order valence-corrected chi connectivity index (χ0v) is 12.1. The van der Waals surface area contributed by atoms with Gasteiger partial charge in [0.25, 0.3) is 5.91 Å². The lowest BCUT2D eigenvalue weighted by Crippen LogP contribution is -2.28. The summed E-state index contributed by atoms with van der Waals surface area (Å²) in [4.78, 5) is 20.2. The molecule has 106 valence electrons. The number of pyridine rings is 1. The fourth-order valence-electron chi connectivity index (χ4n) is 1.89. The van der Waals surface area contributed by atoms with Gasteiger partial charge in [0.05, 0.1) is 15.8 Å². The van der Waals surface area contributed by atoms with Crippen molar-refractivity contribution < 1.29 is 4.79 Å². The highest BCUT2D eigenvalue weighted by atomic mass is 32.1. The van der Waals surface area contributed by atoms with Crippen molar-refractivity contribution in [3.05, 3.63) is 54.4 Å². The molecule has 2 N–H and O–H groups in total. The average molecular weight is 298 g/mol. The fraction of sp³-hybridized carbons (Fsp3) is 0.133. The molecule has 0 aliphatic carbocycles. The van der Waals surface area contributed by atoms with Gasteiger partial charge in [0.15, 0.2) is 5.13 Å². The number of benzene rings is 1. The summed E-state index contributed by atoms with van der Waals surface area (Å²) in [5.74, 6) is -0.116. The number of carbonyl (C=O) groups is 1. The van der Waals surface area contributed by atoms with E-state index in [1.54, 1.807) is 35.9 Å². The highest BCUT2D eigenvalue weighted by Gasteiger charge is 2.05. The van der Waals surface area contributed by atoms with E-state index in [4.69, 9.17) is 0 Å². The van der Waals surface area contributed by atoms with Crippen LogP contribution in [0.25, 0.3) is 10.2 Å². The first-order valence-electron chi connectivity index (χ1n) is 6.60. The van der Waals surface area contributed by atoms with E-state index >= 15 is 0 Å². The third-order valence-corrected chi connectivity index (χ3v) is 3.90. The van der Waals surface area contributed by atoms with Crippen LogP contribution in [0.1, 0.15) is 10.4 Å². The largest absolute Gasteiger partial charge is 0.360 e. The van der Waals surface area contributed by atoms with Crippen molar-refractivity contribution in [2.24, 2.45) is 0 Å². The van der Waals surface area contributed by atoms with Crippen LogP contribution in [0.15, 0.2) is 48.8 Å². The minimum absolute atomic E-state index is 0.116. The number of thiazole rings is 1. The molecule has 1 aromatic carbocycles. The van der Waals surface area contributed by atoms with Gasteiger partial charge in [0.2, 0.25) is 0 Å². The number of carbonyl (C=O) groups excluding carboxylic acids is 1. The zero-order chi connectivity index (χ0) is 14.5. The zero-order valence-electron chi connectivity index (χ0n) is 11.2. The summed E-state index contributed by atoms with van der Waals surface area (Å²) in [7, 11) is 0. The summed E-state index contributed by atoms with van der Waals surface area (Å²) in [6.45, 7) is 1.16. The first-order chi connectivity index (χ1) is 10.3. The Labute approximate surface area is 126 Å². The second-order valence-corrected chi connectivity index (χ2v) is 5.44. The summed E-state index contributed by atoms with van der Waals surface area (Å²) >= 11 is 1.61. The standard InChI is InChI=1S/C15H14N4OS/c20-14(11-4-3-7-16-10-11)17-8-9-18-15-19-12-5-1-2-6-13(12)21-15/h1-7,10H,8-9H2,(H,17,20)(H,18,19). The van der Waals surface area contributed by atoms with E-state index in [-0.39, 0.29) is 5.91 Å². The molecular weight excluding hydrogens is 284 g/mol. The molecule has 0 radical (unpaired) electrons. The molecule has 21 heavy (non-hydrogen) atoms. The first kappa shape index (κ1) is 13.5. The van der Waals surface area contributed by atoms with E-state index in [1.165, 1.54) is 0 Å². The van der Waals surface area contributed by atoms with Crippen LogP contribution in [0.2, 0.25) is 0 Å². The van der Waals surface area contributed by atoms with E-state index in [1.807, 2.05) is 24.3 Å². The molecule has 0 unspecified atom stereocenters. The Morgan fingerprint density at radius 3 is 2.86 bits per heavy atom. The third kappa shape index (κ3) is 3.35. The molecule has 3 rings (SSSR count). The van der Waals surface area contributed by atoms with Crippen LogP contribution in [0.3, 0.4) is 0 Å². The Hall–Kier alpha value is -2.47. The van der Waals surface area contributed by atoms with Gasteiger partial charge in [-0.15, -0.1) is 0 Å². The van der Waals surface area contributed by atoms with E-state index in [2.05, 4.69) is 20.6 Å². The minimum Gasteiger partial charge on any atom is -0.360 e. The van der Waals surface area contributed by atoms with Crippen molar-refractivity contribution >= 4 is 32.6 Å². The number of aromatic nitrogens is 2. The van der Waals surface area contributed by atoms with Gasteiger partial charge in [-0.1, -0.05) is 23.5 Å². The van der Waals surface area contributed by atoms with Gasteiger partial charge in [-0.25, -0.2) is 4.98 Å². The van der Waals surface area contributed by atoms with Crippen molar-refractivity contribution in [1.82, 2.24) is 15.3 Å². The van der Waals surface area contributed by atoms with E-state index in [0.29, 0.717) is 18.7 Å². The number of hydrogen-bond donors (Lipinski definition) is 2. The molecule has 0 saturated carbocycles. The van der Waals surface area contributed by atoms with Gasteiger partial charge in [0.1, 0.15) is 0 Å². The van der Waals surface area contributed by atoms with Crippen molar-refractivity contribution in [3.8, 4) is 0 Å². The Balaban J connectivity index is 1.49. The molecule has 2 aromatic heterocycles. The third-order valence-electron chi connectivity index (χ3n) is 2.90. The summed E-state index contributed by atoms with van der Waals surface area (Å²) in [6, 6.07) is 11.5. The molecule has 0 bridgehead atoms. The van der Waals surface area contributed by atoms with Crippen molar-refractivity contribution in [1.29, 1.82) is 0 Å². The maximum absolute atomic E-state index is 11.8. The lowest BCUT2D eigenvalue weighted by Gasteiger charge is -2.05. The number of amides is 1. The summed E-state index contributed by atoms with van der Waals surface area (Å²) in [6.07, 6.45) is 3.20. The monoisotopic (exact) mass is 298 g/mol. The normalized spacial score (nSPS) is 10.5. The second kappa shape index (κ2) is 6.32. The predicted molar refractivity (Wildman–Crippen MR) is 84.7 cm³/mol. The Kier molecular flexibility index (Phi) is 4.07. The Morgan fingerprint density at radius 2 is 2.05 bits per heavy atom. The number of hydrogen-bond acceptors (Lipinski definition) is 5. The first-order valence-corrected chi connectivity index (χ1v) is 7.42. The minimum atomic E-state index is -0.116. The number of rotatable bonds is 5. The van der Waals surface area contributed by atoms with Crippen LogP contribution in [0, 0.1) is 0 Å². The van der Waals surface area contributed by atoms with Crippen molar-refractivity contribution in [2.75, 3.05) is 18.4 Å².